The van der Waals surface area contributed by atoms with Crippen molar-refractivity contribution in [2.45, 2.75) is 18.8 Å². The van der Waals surface area contributed by atoms with Gasteiger partial charge in [0, 0.05) is 17.2 Å². The molecule has 6 nitrogen and oxygen atoms in total. The molecule has 0 amide bonds. The molecule has 1 saturated heterocycles. The number of rotatable bonds is 3. The first kappa shape index (κ1) is 16.9. The van der Waals surface area contributed by atoms with E-state index in [-0.39, 0.29) is 0 Å². The number of pyridine rings is 1. The molecular weight excluding hydrogens is 380 g/mol. The first-order chi connectivity index (χ1) is 14.4. The normalized spacial score (nSPS) is 15.4. The van der Waals surface area contributed by atoms with Crippen molar-refractivity contribution < 1.29 is 0 Å². The molecule has 1 aliphatic rings. The van der Waals surface area contributed by atoms with Gasteiger partial charge in [-0.25, -0.2) is 9.97 Å². The molecule has 0 radical (unpaired) electrons. The van der Waals surface area contributed by atoms with Crippen LogP contribution in [-0.4, -0.2) is 38.2 Å². The third-order valence-electron chi connectivity index (χ3n) is 5.76. The van der Waals surface area contributed by atoms with Crippen molar-refractivity contribution in [1.29, 1.82) is 0 Å². The van der Waals surface area contributed by atoms with E-state index in [1.165, 1.54) is 5.56 Å². The third kappa shape index (κ3) is 2.85. The maximum atomic E-state index is 5.00. The fourth-order valence-corrected chi connectivity index (χ4v) is 4.88. The third-order valence-corrected chi connectivity index (χ3v) is 6.44. The van der Waals surface area contributed by atoms with E-state index in [0.717, 1.165) is 70.8 Å². The van der Waals surface area contributed by atoms with Crippen molar-refractivity contribution in [3.8, 4) is 22.6 Å². The molecular formula is C22H20N6S. The van der Waals surface area contributed by atoms with Crippen LogP contribution >= 0.6 is 11.3 Å². The van der Waals surface area contributed by atoms with Crippen LogP contribution in [-0.2, 0) is 0 Å². The molecule has 0 saturated carbocycles. The minimum absolute atomic E-state index is 0.504. The van der Waals surface area contributed by atoms with Gasteiger partial charge >= 0.3 is 0 Å². The minimum Gasteiger partial charge on any atom is -0.336 e. The Kier molecular flexibility index (Phi) is 3.95. The lowest BCUT2D eigenvalue weighted by Crippen LogP contribution is -2.27. The Bertz CT molecular complexity index is 1290. The van der Waals surface area contributed by atoms with Crippen molar-refractivity contribution >= 4 is 33.4 Å². The van der Waals surface area contributed by atoms with E-state index in [0.29, 0.717) is 5.92 Å². The number of H-pyrrole nitrogens is 2. The molecule has 0 aliphatic carbocycles. The van der Waals surface area contributed by atoms with Crippen LogP contribution in [0.5, 0.6) is 0 Å². The van der Waals surface area contributed by atoms with Crippen LogP contribution in [0.25, 0.3) is 44.7 Å². The Morgan fingerprint density at radius 2 is 1.86 bits per heavy atom. The van der Waals surface area contributed by atoms with Crippen molar-refractivity contribution in [3.63, 3.8) is 0 Å². The summed E-state index contributed by atoms with van der Waals surface area (Å²) in [5.41, 5.74) is 8.06. The summed E-state index contributed by atoms with van der Waals surface area (Å²) in [5, 5.41) is 15.3. The van der Waals surface area contributed by atoms with Crippen molar-refractivity contribution in [2.75, 3.05) is 13.1 Å². The van der Waals surface area contributed by atoms with Gasteiger partial charge in [0.05, 0.1) is 16.6 Å². The van der Waals surface area contributed by atoms with Crippen LogP contribution in [0.15, 0.2) is 47.2 Å². The molecule has 1 aliphatic heterocycles. The first-order valence-electron chi connectivity index (χ1n) is 9.94. The molecule has 7 heteroatoms. The molecule has 0 unspecified atom stereocenters. The summed E-state index contributed by atoms with van der Waals surface area (Å²) in [6.45, 7) is 2.11. The average Bonchev–Trinajstić information content (AvgIpc) is 3.52. The average molecular weight is 401 g/mol. The number of benzene rings is 1. The number of aromatic nitrogens is 5. The summed E-state index contributed by atoms with van der Waals surface area (Å²) in [7, 11) is 0. The van der Waals surface area contributed by atoms with Gasteiger partial charge in [0.2, 0.25) is 0 Å². The summed E-state index contributed by atoms with van der Waals surface area (Å²) < 4.78 is 0. The molecule has 4 aromatic heterocycles. The van der Waals surface area contributed by atoms with Gasteiger partial charge in [-0.3, -0.25) is 5.10 Å². The number of nitrogens with zero attached hydrogens (tertiary/aromatic N) is 3. The number of hydrogen-bond acceptors (Lipinski definition) is 5. The number of nitrogens with one attached hydrogen (secondary N) is 3. The molecule has 0 spiro atoms. The van der Waals surface area contributed by atoms with E-state index in [9.17, 15) is 0 Å². The molecule has 6 rings (SSSR count). The molecule has 5 heterocycles. The van der Waals surface area contributed by atoms with E-state index in [4.69, 9.17) is 9.97 Å². The second-order valence-electron chi connectivity index (χ2n) is 7.53. The van der Waals surface area contributed by atoms with Gasteiger partial charge < -0.3 is 10.3 Å². The molecule has 144 valence electrons. The van der Waals surface area contributed by atoms with Crippen LogP contribution in [0.4, 0.5) is 0 Å². The molecule has 29 heavy (non-hydrogen) atoms. The minimum atomic E-state index is 0.504. The van der Waals surface area contributed by atoms with Gasteiger partial charge in [0.15, 0.2) is 11.5 Å². The highest BCUT2D eigenvalue weighted by molar-refractivity contribution is 7.08. The van der Waals surface area contributed by atoms with E-state index >= 15 is 0 Å². The lowest BCUT2D eigenvalue weighted by Gasteiger charge is -2.22. The van der Waals surface area contributed by atoms with E-state index in [2.05, 4.69) is 67.7 Å². The fourth-order valence-electron chi connectivity index (χ4n) is 4.22. The summed E-state index contributed by atoms with van der Waals surface area (Å²) in [6.07, 6.45) is 2.25. The zero-order valence-corrected chi connectivity index (χ0v) is 16.6. The smallest absolute Gasteiger partial charge is 0.161 e. The number of thiophene rings is 1. The van der Waals surface area contributed by atoms with Gasteiger partial charge in [0.25, 0.3) is 0 Å². The highest BCUT2D eigenvalue weighted by Gasteiger charge is 2.20. The molecule has 5 aromatic rings. The van der Waals surface area contributed by atoms with Gasteiger partial charge in [-0.15, -0.1) is 0 Å². The lowest BCUT2D eigenvalue weighted by atomic mass is 9.94. The quantitative estimate of drug-likeness (QED) is 0.410. The van der Waals surface area contributed by atoms with Crippen LogP contribution < -0.4 is 5.32 Å². The number of para-hydroxylation sites is 1. The SMILES string of the molecule is c1cc(-c2ccsc2)c2nc(-c3n[nH]c4ccc(C5CCNCC5)nc34)[nH]c2c1. The summed E-state index contributed by atoms with van der Waals surface area (Å²) in [5.74, 6) is 1.26. The molecule has 1 aromatic carbocycles. The van der Waals surface area contributed by atoms with E-state index in [1.54, 1.807) is 11.3 Å². The van der Waals surface area contributed by atoms with Crippen molar-refractivity contribution in [3.05, 3.63) is 52.9 Å². The highest BCUT2D eigenvalue weighted by atomic mass is 32.1. The number of piperidine rings is 1. The predicted molar refractivity (Wildman–Crippen MR) is 117 cm³/mol. The second kappa shape index (κ2) is 6.79. The van der Waals surface area contributed by atoms with E-state index in [1.807, 2.05) is 0 Å². The molecule has 0 atom stereocenters. The standard InChI is InChI=1S/C22H20N6S/c1-2-15(14-8-11-29-12-14)19-17(3-1)25-22(26-19)21-20-18(27-28-21)5-4-16(24-20)13-6-9-23-10-7-13/h1-5,8,11-13,23H,6-7,9-10H2,(H,25,26)(H,27,28). The van der Waals surface area contributed by atoms with Crippen molar-refractivity contribution in [2.24, 2.45) is 0 Å². The maximum Gasteiger partial charge on any atom is 0.161 e. The monoisotopic (exact) mass is 400 g/mol. The summed E-state index contributed by atoms with van der Waals surface area (Å²) in [4.78, 5) is 13.4. The lowest BCUT2D eigenvalue weighted by molar-refractivity contribution is 0.454. The van der Waals surface area contributed by atoms with Crippen LogP contribution in [0.2, 0.25) is 0 Å². The predicted octanol–water partition coefficient (Wildman–Crippen LogP) is 4.70. The van der Waals surface area contributed by atoms with Crippen molar-refractivity contribution in [1.82, 2.24) is 30.5 Å². The van der Waals surface area contributed by atoms with E-state index < -0.39 is 0 Å². The zero-order chi connectivity index (χ0) is 19.2. The number of fused-ring (bicyclic) bond motifs is 2. The molecule has 3 N–H and O–H groups in total. The Labute approximate surface area is 171 Å². The maximum absolute atomic E-state index is 5.00. The fraction of sp³-hybridized carbons (Fsp3) is 0.227. The van der Waals surface area contributed by atoms with Crippen LogP contribution in [0, 0.1) is 0 Å². The van der Waals surface area contributed by atoms with Gasteiger partial charge in [-0.05, 0) is 66.5 Å². The largest absolute Gasteiger partial charge is 0.336 e. The zero-order valence-electron chi connectivity index (χ0n) is 15.8. The Balaban J connectivity index is 1.48. The molecule has 1 fully saturated rings. The summed E-state index contributed by atoms with van der Waals surface area (Å²) in [6, 6.07) is 12.6. The van der Waals surface area contributed by atoms with Crippen LogP contribution in [0.1, 0.15) is 24.5 Å². The second-order valence-corrected chi connectivity index (χ2v) is 8.31. The van der Waals surface area contributed by atoms with Gasteiger partial charge in [0.1, 0.15) is 5.52 Å². The molecule has 0 bridgehead atoms. The number of aromatic amines is 2. The van der Waals surface area contributed by atoms with Gasteiger partial charge in [-0.2, -0.15) is 16.4 Å². The topological polar surface area (TPSA) is 82.3 Å². The van der Waals surface area contributed by atoms with Gasteiger partial charge in [-0.1, -0.05) is 12.1 Å². The Morgan fingerprint density at radius 3 is 2.72 bits per heavy atom. The first-order valence-corrected chi connectivity index (χ1v) is 10.9. The Hall–Kier alpha value is -3.03. The highest BCUT2D eigenvalue weighted by Crippen LogP contribution is 2.33. The van der Waals surface area contributed by atoms with Crippen LogP contribution in [0.3, 0.4) is 0 Å². The Morgan fingerprint density at radius 1 is 0.931 bits per heavy atom. The summed E-state index contributed by atoms with van der Waals surface area (Å²) >= 11 is 1.69. The number of imidazole rings is 1. The number of hydrogen-bond donors (Lipinski definition) is 3.